The lowest BCUT2D eigenvalue weighted by atomic mass is 9.76. The lowest BCUT2D eigenvalue weighted by Crippen LogP contribution is -2.22. The number of rotatable bonds is 10. The number of esters is 2. The van der Waals surface area contributed by atoms with Gasteiger partial charge in [-0.3, -0.25) is 14.4 Å². The van der Waals surface area contributed by atoms with Crippen LogP contribution in [-0.2, 0) is 19.8 Å². The van der Waals surface area contributed by atoms with E-state index in [1.807, 2.05) is 25.1 Å². The Hall–Kier alpha value is -3.15. The molecule has 34 heavy (non-hydrogen) atoms. The Kier molecular flexibility index (Phi) is 9.02. The van der Waals surface area contributed by atoms with Gasteiger partial charge in [0.1, 0.15) is 11.5 Å². The van der Waals surface area contributed by atoms with Gasteiger partial charge in [0, 0.05) is 23.3 Å². The zero-order chi connectivity index (χ0) is 25.6. The summed E-state index contributed by atoms with van der Waals surface area (Å²) >= 11 is 0. The molecule has 0 aliphatic heterocycles. The molecule has 0 aliphatic carbocycles. The van der Waals surface area contributed by atoms with Crippen molar-refractivity contribution in [2.24, 2.45) is 5.92 Å². The van der Waals surface area contributed by atoms with Crippen molar-refractivity contribution in [2.45, 2.75) is 79.6 Å². The van der Waals surface area contributed by atoms with E-state index < -0.39 is 23.3 Å². The molecular weight excluding hydrogens is 432 g/mol. The smallest absolute Gasteiger partial charge is 0.311 e. The first kappa shape index (κ1) is 27.1. The minimum absolute atomic E-state index is 0.231. The average Bonchev–Trinajstić information content (AvgIpc) is 2.72. The molecule has 0 spiro atoms. The molecule has 2 aromatic carbocycles. The van der Waals surface area contributed by atoms with Gasteiger partial charge in [0.25, 0.3) is 0 Å². The molecule has 0 aliphatic rings. The second-order valence-electron chi connectivity index (χ2n) is 9.90. The number of benzene rings is 2. The van der Waals surface area contributed by atoms with Crippen molar-refractivity contribution in [3.63, 3.8) is 0 Å². The maximum atomic E-state index is 12.5. The van der Waals surface area contributed by atoms with Gasteiger partial charge in [0.15, 0.2) is 0 Å². The first-order valence-electron chi connectivity index (χ1n) is 11.7. The zero-order valence-electron chi connectivity index (χ0n) is 21.3. The molecule has 0 saturated carbocycles. The standard InChI is InChI=1S/C28H36O6/c1-17(2)16-18(3)14-15-28(6,7)25-19(4)26(34-24(32)13-12-23(30)31)21-10-8-9-11-22(21)27(25)33-20(5)29/h8-11,14,17H,12-13,15-16H2,1-7H3,(H,30,31)/b18-14+. The molecule has 6 nitrogen and oxygen atoms in total. The summed E-state index contributed by atoms with van der Waals surface area (Å²) in [6.45, 7) is 13.8. The van der Waals surface area contributed by atoms with Crippen LogP contribution in [0.25, 0.3) is 10.8 Å². The molecule has 0 unspecified atom stereocenters. The molecule has 0 fully saturated rings. The summed E-state index contributed by atoms with van der Waals surface area (Å²) in [5, 5.41) is 10.2. The van der Waals surface area contributed by atoms with Crippen molar-refractivity contribution in [2.75, 3.05) is 0 Å². The first-order valence-corrected chi connectivity index (χ1v) is 11.7. The van der Waals surface area contributed by atoms with Crippen LogP contribution in [0.5, 0.6) is 11.5 Å². The fourth-order valence-electron chi connectivity index (χ4n) is 4.33. The molecule has 6 heteroatoms. The fraction of sp³-hybridized carbons (Fsp3) is 0.464. The Morgan fingerprint density at radius 1 is 1.00 bits per heavy atom. The van der Waals surface area contributed by atoms with Gasteiger partial charge in [-0.2, -0.15) is 0 Å². The van der Waals surface area contributed by atoms with E-state index in [9.17, 15) is 14.4 Å². The van der Waals surface area contributed by atoms with Crippen LogP contribution < -0.4 is 9.47 Å². The number of carbonyl (C=O) groups excluding carboxylic acids is 2. The normalized spacial score (nSPS) is 12.2. The van der Waals surface area contributed by atoms with Crippen LogP contribution in [0.2, 0.25) is 0 Å². The summed E-state index contributed by atoms with van der Waals surface area (Å²) in [6, 6.07) is 7.29. The molecule has 0 bridgehead atoms. The Morgan fingerprint density at radius 2 is 1.59 bits per heavy atom. The number of fused-ring (bicyclic) bond motifs is 1. The van der Waals surface area contributed by atoms with Crippen LogP contribution in [-0.4, -0.2) is 23.0 Å². The highest BCUT2D eigenvalue weighted by Gasteiger charge is 2.31. The molecule has 2 rings (SSSR count). The van der Waals surface area contributed by atoms with Gasteiger partial charge in [-0.15, -0.1) is 0 Å². The molecule has 0 radical (unpaired) electrons. The highest BCUT2D eigenvalue weighted by Crippen LogP contribution is 2.47. The topological polar surface area (TPSA) is 89.9 Å². The van der Waals surface area contributed by atoms with Gasteiger partial charge >= 0.3 is 17.9 Å². The van der Waals surface area contributed by atoms with E-state index >= 15 is 0 Å². The molecule has 2 aromatic rings. The summed E-state index contributed by atoms with van der Waals surface area (Å²) in [5.74, 6) is -0.727. The minimum atomic E-state index is -1.06. The number of hydrogen-bond acceptors (Lipinski definition) is 5. The Bertz CT molecular complexity index is 1110. The maximum absolute atomic E-state index is 12.5. The number of hydrogen-bond donors (Lipinski definition) is 1. The largest absolute Gasteiger partial charge is 0.481 e. The number of ether oxygens (including phenoxy) is 2. The van der Waals surface area contributed by atoms with E-state index in [1.165, 1.54) is 12.5 Å². The summed E-state index contributed by atoms with van der Waals surface area (Å²) < 4.78 is 11.5. The van der Waals surface area contributed by atoms with Crippen molar-refractivity contribution in [1.82, 2.24) is 0 Å². The van der Waals surface area contributed by atoms with Crippen LogP contribution >= 0.6 is 0 Å². The number of carboxylic acid groups (broad SMARTS) is 1. The molecule has 184 valence electrons. The fourth-order valence-corrected chi connectivity index (χ4v) is 4.33. The SMILES string of the molecule is CC(=O)Oc1c(C(C)(C)C/C=C(\C)CC(C)C)c(C)c(OC(=O)CCC(=O)O)c2ccccc12. The highest BCUT2D eigenvalue weighted by molar-refractivity contribution is 5.99. The van der Waals surface area contributed by atoms with Gasteiger partial charge in [-0.05, 0) is 43.6 Å². The van der Waals surface area contributed by atoms with Crippen molar-refractivity contribution >= 4 is 28.7 Å². The highest BCUT2D eigenvalue weighted by atomic mass is 16.5. The lowest BCUT2D eigenvalue weighted by Gasteiger charge is -2.30. The lowest BCUT2D eigenvalue weighted by molar-refractivity contribution is -0.142. The summed E-state index contributed by atoms with van der Waals surface area (Å²) in [5.41, 5.74) is 2.32. The molecule has 0 saturated heterocycles. The number of carbonyl (C=O) groups is 3. The van der Waals surface area contributed by atoms with Gasteiger partial charge in [0.2, 0.25) is 0 Å². The third kappa shape index (κ3) is 6.92. The van der Waals surface area contributed by atoms with Crippen LogP contribution in [0.3, 0.4) is 0 Å². The first-order chi connectivity index (χ1) is 15.8. The minimum Gasteiger partial charge on any atom is -0.481 e. The van der Waals surface area contributed by atoms with Crippen LogP contribution in [0.15, 0.2) is 35.9 Å². The van der Waals surface area contributed by atoms with Crippen molar-refractivity contribution in [3.05, 3.63) is 47.0 Å². The van der Waals surface area contributed by atoms with E-state index in [2.05, 4.69) is 40.7 Å². The van der Waals surface area contributed by atoms with Crippen molar-refractivity contribution in [3.8, 4) is 11.5 Å². The zero-order valence-corrected chi connectivity index (χ0v) is 21.3. The second kappa shape index (κ2) is 11.3. The third-order valence-corrected chi connectivity index (χ3v) is 5.73. The van der Waals surface area contributed by atoms with E-state index in [-0.39, 0.29) is 12.8 Å². The van der Waals surface area contributed by atoms with Gasteiger partial charge in [-0.25, -0.2) is 0 Å². The van der Waals surface area contributed by atoms with E-state index in [0.717, 1.165) is 12.0 Å². The molecule has 0 atom stereocenters. The molecule has 0 amide bonds. The summed E-state index contributed by atoms with van der Waals surface area (Å²) in [7, 11) is 0. The third-order valence-electron chi connectivity index (χ3n) is 5.73. The molecule has 0 aromatic heterocycles. The Morgan fingerprint density at radius 3 is 2.12 bits per heavy atom. The Balaban J connectivity index is 2.69. The van der Waals surface area contributed by atoms with E-state index in [0.29, 0.717) is 40.2 Å². The van der Waals surface area contributed by atoms with Gasteiger partial charge in [0.05, 0.1) is 12.8 Å². The maximum Gasteiger partial charge on any atom is 0.311 e. The van der Waals surface area contributed by atoms with Gasteiger partial charge < -0.3 is 14.6 Å². The predicted molar refractivity (Wildman–Crippen MR) is 133 cm³/mol. The second-order valence-corrected chi connectivity index (χ2v) is 9.90. The quantitative estimate of drug-likeness (QED) is 0.243. The van der Waals surface area contributed by atoms with Gasteiger partial charge in [-0.1, -0.05) is 63.6 Å². The Labute approximate surface area is 201 Å². The molecular formula is C28H36O6. The van der Waals surface area contributed by atoms with E-state index in [4.69, 9.17) is 14.6 Å². The molecule has 0 heterocycles. The van der Waals surface area contributed by atoms with Crippen LogP contribution in [0, 0.1) is 12.8 Å². The number of allylic oxidation sites excluding steroid dienone is 2. The average molecular weight is 469 g/mol. The molecule has 1 N–H and O–H groups in total. The summed E-state index contributed by atoms with van der Waals surface area (Å²) in [6.07, 6.45) is 3.37. The number of carboxylic acids is 1. The number of aliphatic carboxylic acids is 1. The summed E-state index contributed by atoms with van der Waals surface area (Å²) in [4.78, 5) is 35.4. The monoisotopic (exact) mass is 468 g/mol. The predicted octanol–water partition coefficient (Wildman–Crippen LogP) is 6.50. The van der Waals surface area contributed by atoms with Crippen molar-refractivity contribution in [1.29, 1.82) is 0 Å². The van der Waals surface area contributed by atoms with E-state index in [1.54, 1.807) is 6.07 Å². The van der Waals surface area contributed by atoms with Crippen LogP contribution in [0.1, 0.15) is 78.4 Å². The van der Waals surface area contributed by atoms with Crippen LogP contribution in [0.4, 0.5) is 0 Å². The van der Waals surface area contributed by atoms with Crippen molar-refractivity contribution < 1.29 is 29.0 Å².